The lowest BCUT2D eigenvalue weighted by Gasteiger charge is -2.13. The first-order chi connectivity index (χ1) is 14.8. The van der Waals surface area contributed by atoms with Gasteiger partial charge in [0, 0.05) is 36.5 Å². The fraction of sp³-hybridized carbons (Fsp3) is 0.292. The van der Waals surface area contributed by atoms with Gasteiger partial charge in [-0.1, -0.05) is 62.7 Å². The molecule has 1 N–H and O–H groups in total. The minimum Gasteiger partial charge on any atom is -0.443 e. The smallest absolute Gasteiger partial charge is 0.218 e. The molecule has 5 nitrogen and oxygen atoms in total. The van der Waals surface area contributed by atoms with Gasteiger partial charge in [0.2, 0.25) is 5.06 Å². The normalized spacial score (nSPS) is 12.5. The number of nitriles is 1. The standard InChI is InChI=1S/C24H25ClN4OS/c1-14(2)23(27-5)28-20-11-15(3)21(12-19(20)25)30-24-18(13-26)22(29-31-24)16(4)17-9-7-6-8-10-17/h6-12,14,16H,1-5H3,(H,27,28). The van der Waals surface area contributed by atoms with Crippen molar-refractivity contribution in [2.24, 2.45) is 10.9 Å². The van der Waals surface area contributed by atoms with E-state index in [9.17, 15) is 5.26 Å². The summed E-state index contributed by atoms with van der Waals surface area (Å²) in [6.07, 6.45) is 0. The van der Waals surface area contributed by atoms with Gasteiger partial charge in [-0.2, -0.15) is 9.64 Å². The van der Waals surface area contributed by atoms with E-state index >= 15 is 0 Å². The Morgan fingerprint density at radius 1 is 1.23 bits per heavy atom. The maximum absolute atomic E-state index is 9.79. The number of hydrogen-bond donors (Lipinski definition) is 1. The Labute approximate surface area is 192 Å². The van der Waals surface area contributed by atoms with Crippen LogP contribution in [0.4, 0.5) is 5.69 Å². The van der Waals surface area contributed by atoms with Gasteiger partial charge in [0.25, 0.3) is 0 Å². The van der Waals surface area contributed by atoms with Crippen LogP contribution in [-0.4, -0.2) is 17.3 Å². The first-order valence-corrected chi connectivity index (χ1v) is 11.2. The Bertz CT molecular complexity index is 1130. The van der Waals surface area contributed by atoms with Gasteiger partial charge in [0.1, 0.15) is 23.2 Å². The molecular formula is C24H25ClN4OS. The number of aliphatic imine (C=N–C) groups is 1. The molecule has 160 valence electrons. The van der Waals surface area contributed by atoms with E-state index < -0.39 is 0 Å². The van der Waals surface area contributed by atoms with Gasteiger partial charge in [0.15, 0.2) is 0 Å². The van der Waals surface area contributed by atoms with Crippen LogP contribution in [0, 0.1) is 24.2 Å². The zero-order valence-electron chi connectivity index (χ0n) is 18.2. The molecule has 7 heteroatoms. The highest BCUT2D eigenvalue weighted by Gasteiger charge is 2.22. The van der Waals surface area contributed by atoms with Gasteiger partial charge in [-0.05, 0) is 24.1 Å². The van der Waals surface area contributed by atoms with Crippen LogP contribution in [0.5, 0.6) is 10.8 Å². The largest absolute Gasteiger partial charge is 0.443 e. The molecule has 0 amide bonds. The van der Waals surface area contributed by atoms with Crippen LogP contribution >= 0.6 is 23.1 Å². The van der Waals surface area contributed by atoms with E-state index in [-0.39, 0.29) is 11.8 Å². The molecule has 1 atom stereocenters. The molecule has 0 radical (unpaired) electrons. The predicted molar refractivity (Wildman–Crippen MR) is 128 cm³/mol. The van der Waals surface area contributed by atoms with Gasteiger partial charge in [-0.15, -0.1) is 0 Å². The lowest BCUT2D eigenvalue weighted by atomic mass is 9.95. The van der Waals surface area contributed by atoms with Crippen LogP contribution < -0.4 is 10.1 Å². The average Bonchev–Trinajstić information content (AvgIpc) is 3.17. The minimum atomic E-state index is -0.0122. The van der Waals surface area contributed by atoms with Gasteiger partial charge < -0.3 is 10.1 Å². The van der Waals surface area contributed by atoms with Crippen LogP contribution in [0.1, 0.15) is 49.1 Å². The number of aryl methyl sites for hydroxylation is 1. The quantitative estimate of drug-likeness (QED) is 0.328. The van der Waals surface area contributed by atoms with Gasteiger partial charge >= 0.3 is 0 Å². The molecular weight excluding hydrogens is 428 g/mol. The van der Waals surface area contributed by atoms with Crippen LogP contribution in [0.2, 0.25) is 5.02 Å². The molecule has 1 aromatic heterocycles. The predicted octanol–water partition coefficient (Wildman–Crippen LogP) is 6.83. The molecule has 0 bridgehead atoms. The van der Waals surface area contributed by atoms with Crippen molar-refractivity contribution >= 4 is 34.7 Å². The molecule has 1 unspecified atom stereocenters. The molecule has 1 heterocycles. The number of nitrogens with zero attached hydrogens (tertiary/aromatic N) is 3. The maximum atomic E-state index is 9.79. The summed E-state index contributed by atoms with van der Waals surface area (Å²) in [5, 5.41) is 13.9. The summed E-state index contributed by atoms with van der Waals surface area (Å²) in [5.41, 5.74) is 3.82. The van der Waals surface area contributed by atoms with Gasteiger partial charge in [-0.25, -0.2) is 4.99 Å². The molecule has 0 saturated carbocycles. The Morgan fingerprint density at radius 2 is 1.94 bits per heavy atom. The highest BCUT2D eigenvalue weighted by Crippen LogP contribution is 2.40. The highest BCUT2D eigenvalue weighted by molar-refractivity contribution is 7.08. The molecule has 0 aliphatic rings. The number of amidine groups is 1. The molecule has 0 aliphatic heterocycles. The Morgan fingerprint density at radius 3 is 2.55 bits per heavy atom. The fourth-order valence-corrected chi connectivity index (χ4v) is 4.20. The summed E-state index contributed by atoms with van der Waals surface area (Å²) in [6, 6.07) is 15.9. The lowest BCUT2D eigenvalue weighted by molar-refractivity contribution is 0.490. The minimum absolute atomic E-state index is 0.0122. The molecule has 3 rings (SSSR count). The molecule has 0 saturated heterocycles. The van der Waals surface area contributed by atoms with Crippen molar-refractivity contribution in [3.05, 3.63) is 69.9 Å². The molecule has 0 aliphatic carbocycles. The third-order valence-electron chi connectivity index (χ3n) is 5.00. The van der Waals surface area contributed by atoms with Crippen molar-refractivity contribution in [1.82, 2.24) is 9.69 Å². The van der Waals surface area contributed by atoms with Crippen LogP contribution in [0.25, 0.3) is 0 Å². The fourth-order valence-electron chi connectivity index (χ4n) is 3.20. The van der Waals surface area contributed by atoms with Crippen molar-refractivity contribution in [2.45, 2.75) is 33.6 Å². The first-order valence-electron chi connectivity index (χ1n) is 10.0. The number of rotatable bonds is 6. The number of hydrogen-bond acceptors (Lipinski definition) is 5. The van der Waals surface area contributed by atoms with Crippen molar-refractivity contribution in [2.75, 3.05) is 7.05 Å². The lowest BCUT2D eigenvalue weighted by Crippen LogP contribution is -2.23. The number of benzene rings is 2. The number of nitrogens with one attached hydrogen (secondary N) is 1. The third kappa shape index (κ3) is 5.07. The molecule has 2 aromatic carbocycles. The average molecular weight is 453 g/mol. The number of halogens is 1. The second-order valence-electron chi connectivity index (χ2n) is 7.55. The topological polar surface area (TPSA) is 70.3 Å². The zero-order valence-corrected chi connectivity index (χ0v) is 19.8. The SMILES string of the molecule is CNC(=Nc1cc(C)c(Oc2snc(C(C)c3ccccc3)c2C#N)cc1Cl)C(C)C. The summed E-state index contributed by atoms with van der Waals surface area (Å²) in [5.74, 6) is 1.67. The summed E-state index contributed by atoms with van der Waals surface area (Å²) >= 11 is 7.67. The zero-order chi connectivity index (χ0) is 22.5. The Balaban J connectivity index is 1.92. The summed E-state index contributed by atoms with van der Waals surface area (Å²) in [4.78, 5) is 4.64. The van der Waals surface area contributed by atoms with Crippen molar-refractivity contribution in [1.29, 1.82) is 5.26 Å². The molecule has 3 aromatic rings. The number of aromatic nitrogens is 1. The molecule has 31 heavy (non-hydrogen) atoms. The van der Waals surface area contributed by atoms with Crippen LogP contribution in [0.15, 0.2) is 47.5 Å². The molecule has 0 spiro atoms. The van der Waals surface area contributed by atoms with E-state index in [0.29, 0.717) is 32.8 Å². The van der Waals surface area contributed by atoms with Crippen molar-refractivity contribution in [3.8, 4) is 16.9 Å². The Kier molecular flexibility index (Phi) is 7.32. The van der Waals surface area contributed by atoms with Crippen LogP contribution in [0.3, 0.4) is 0 Å². The Hall–Kier alpha value is -2.88. The summed E-state index contributed by atoms with van der Waals surface area (Å²) < 4.78 is 10.6. The van der Waals surface area contributed by atoms with Crippen molar-refractivity contribution in [3.63, 3.8) is 0 Å². The van der Waals surface area contributed by atoms with Crippen LogP contribution in [-0.2, 0) is 0 Å². The van der Waals surface area contributed by atoms with E-state index in [1.165, 1.54) is 11.5 Å². The van der Waals surface area contributed by atoms with E-state index in [0.717, 1.165) is 17.0 Å². The number of ether oxygens (including phenoxy) is 1. The summed E-state index contributed by atoms with van der Waals surface area (Å²) in [7, 11) is 1.85. The molecule has 0 fully saturated rings. The summed E-state index contributed by atoms with van der Waals surface area (Å²) in [6.45, 7) is 8.10. The monoisotopic (exact) mass is 452 g/mol. The van der Waals surface area contributed by atoms with E-state index in [2.05, 4.69) is 34.6 Å². The first kappa shape index (κ1) is 22.8. The van der Waals surface area contributed by atoms with Gasteiger partial charge in [-0.3, -0.25) is 0 Å². The van der Waals surface area contributed by atoms with E-state index in [1.54, 1.807) is 6.07 Å². The highest BCUT2D eigenvalue weighted by atomic mass is 35.5. The second-order valence-corrected chi connectivity index (χ2v) is 8.69. The maximum Gasteiger partial charge on any atom is 0.218 e. The third-order valence-corrected chi connectivity index (χ3v) is 6.04. The van der Waals surface area contributed by atoms with E-state index in [1.807, 2.05) is 57.3 Å². The van der Waals surface area contributed by atoms with E-state index in [4.69, 9.17) is 16.3 Å². The van der Waals surface area contributed by atoms with Gasteiger partial charge in [0.05, 0.1) is 16.4 Å². The second kappa shape index (κ2) is 9.95. The van der Waals surface area contributed by atoms with Crippen molar-refractivity contribution < 1.29 is 4.74 Å².